The molecule has 7 nitrogen and oxygen atoms in total. The van der Waals surface area contributed by atoms with E-state index in [1.54, 1.807) is 48.5 Å². The number of pyridine rings is 1. The van der Waals surface area contributed by atoms with Crippen molar-refractivity contribution in [1.82, 2.24) is 4.98 Å². The smallest absolute Gasteiger partial charge is 0.301 e. The van der Waals surface area contributed by atoms with E-state index in [1.165, 1.54) is 17.2 Å². The van der Waals surface area contributed by atoms with E-state index in [0.29, 0.717) is 40.9 Å². The van der Waals surface area contributed by atoms with E-state index in [1.807, 2.05) is 0 Å². The van der Waals surface area contributed by atoms with Gasteiger partial charge in [-0.1, -0.05) is 35.3 Å². The summed E-state index contributed by atoms with van der Waals surface area (Å²) in [6, 6.07) is 13.5. The topological polar surface area (TPSA) is 89.0 Å². The zero-order chi connectivity index (χ0) is 23.1. The van der Waals surface area contributed by atoms with Crippen LogP contribution < -0.4 is 14.4 Å². The molecule has 1 atom stereocenters. The van der Waals surface area contributed by atoms with E-state index in [4.69, 9.17) is 32.7 Å². The number of nitrogens with zero attached hydrogens (tertiary/aromatic N) is 2. The molecule has 1 amide bonds. The van der Waals surface area contributed by atoms with E-state index in [-0.39, 0.29) is 22.2 Å². The number of ketones is 1. The van der Waals surface area contributed by atoms with Crippen LogP contribution in [0, 0.1) is 0 Å². The molecule has 1 N–H and O–H groups in total. The van der Waals surface area contributed by atoms with Gasteiger partial charge in [0.1, 0.15) is 24.8 Å². The number of aliphatic hydroxyl groups is 1. The van der Waals surface area contributed by atoms with Crippen LogP contribution in [-0.4, -0.2) is 35.0 Å². The molecule has 0 radical (unpaired) electrons. The fourth-order valence-electron chi connectivity index (χ4n) is 3.93. The average Bonchev–Trinajstić information content (AvgIpc) is 3.09. The van der Waals surface area contributed by atoms with Gasteiger partial charge >= 0.3 is 5.91 Å². The second-order valence-corrected chi connectivity index (χ2v) is 8.22. The van der Waals surface area contributed by atoms with Crippen molar-refractivity contribution in [3.05, 3.63) is 87.5 Å². The van der Waals surface area contributed by atoms with Crippen molar-refractivity contribution in [1.29, 1.82) is 0 Å². The van der Waals surface area contributed by atoms with Crippen molar-refractivity contribution in [2.75, 3.05) is 18.1 Å². The quantitative estimate of drug-likeness (QED) is 0.328. The lowest BCUT2D eigenvalue weighted by Gasteiger charge is -2.25. The van der Waals surface area contributed by atoms with Gasteiger partial charge in [-0.05, 0) is 48.0 Å². The molecule has 33 heavy (non-hydrogen) atoms. The van der Waals surface area contributed by atoms with Gasteiger partial charge in [-0.3, -0.25) is 14.5 Å². The first-order chi connectivity index (χ1) is 16.0. The summed E-state index contributed by atoms with van der Waals surface area (Å²) < 4.78 is 11.1. The summed E-state index contributed by atoms with van der Waals surface area (Å²) in [6.45, 7) is 0.782. The maximum atomic E-state index is 13.2. The summed E-state index contributed by atoms with van der Waals surface area (Å²) in [5.74, 6) is -0.834. The number of amides is 1. The number of rotatable bonds is 3. The minimum atomic E-state index is -1.02. The SMILES string of the molecule is O=C1C(=O)N(c2ccccn2)C(c2ccc(Cl)cc2Cl)/C1=C(\O)c1ccc2c(c1)OCCO2. The standard InChI is InChI=1S/C24H16Cl2N2O5/c25-14-5-6-15(16(26)12-14)21-20(23(30)24(31)28(21)19-3-1-2-8-27-19)22(29)13-4-7-17-18(11-13)33-10-9-32-17/h1-8,11-12,21,29H,9-10H2/b22-20+. The largest absolute Gasteiger partial charge is 0.507 e. The predicted octanol–water partition coefficient (Wildman–Crippen LogP) is 4.79. The number of benzene rings is 2. The molecule has 1 aromatic heterocycles. The van der Waals surface area contributed by atoms with Crippen molar-refractivity contribution in [2.24, 2.45) is 0 Å². The van der Waals surface area contributed by atoms with E-state index >= 15 is 0 Å². The Bertz CT molecular complexity index is 1310. The van der Waals surface area contributed by atoms with Crippen LogP contribution in [-0.2, 0) is 9.59 Å². The minimum Gasteiger partial charge on any atom is -0.507 e. The minimum absolute atomic E-state index is 0.119. The number of Topliss-reactive ketones (excluding diaryl/α,β-unsaturated/α-hetero) is 1. The maximum Gasteiger partial charge on any atom is 0.301 e. The van der Waals surface area contributed by atoms with Crippen molar-refractivity contribution in [3.8, 4) is 11.5 Å². The zero-order valence-corrected chi connectivity index (χ0v) is 18.5. The van der Waals surface area contributed by atoms with Gasteiger partial charge in [-0.25, -0.2) is 4.98 Å². The summed E-state index contributed by atoms with van der Waals surface area (Å²) in [5, 5.41) is 11.9. The summed E-state index contributed by atoms with van der Waals surface area (Å²) >= 11 is 12.5. The second kappa shape index (κ2) is 8.42. The molecule has 0 spiro atoms. The van der Waals surface area contributed by atoms with Gasteiger partial charge < -0.3 is 14.6 Å². The van der Waals surface area contributed by atoms with Gasteiger partial charge in [0.25, 0.3) is 5.78 Å². The van der Waals surface area contributed by atoms with Crippen LogP contribution in [0.15, 0.2) is 66.4 Å². The Balaban J connectivity index is 1.72. The Morgan fingerprint density at radius 3 is 2.52 bits per heavy atom. The van der Waals surface area contributed by atoms with Crippen molar-refractivity contribution in [3.63, 3.8) is 0 Å². The molecule has 5 rings (SSSR count). The third-order valence-electron chi connectivity index (χ3n) is 5.41. The molecule has 0 bridgehead atoms. The molecule has 2 aliphatic heterocycles. The van der Waals surface area contributed by atoms with Gasteiger partial charge in [0.05, 0.1) is 11.6 Å². The van der Waals surface area contributed by atoms with Gasteiger partial charge in [0.15, 0.2) is 11.5 Å². The number of carbonyl (C=O) groups excluding carboxylic acids is 2. The third kappa shape index (κ3) is 3.69. The van der Waals surface area contributed by atoms with Crippen molar-refractivity contribution >= 4 is 46.5 Å². The molecule has 1 unspecified atom stereocenters. The predicted molar refractivity (Wildman–Crippen MR) is 123 cm³/mol. The highest BCUT2D eigenvalue weighted by Crippen LogP contribution is 2.44. The Kier molecular flexibility index (Phi) is 5.44. The first kappa shape index (κ1) is 21.3. The molecule has 166 valence electrons. The number of carbonyl (C=O) groups is 2. The van der Waals surface area contributed by atoms with Crippen LogP contribution in [0.5, 0.6) is 11.5 Å². The van der Waals surface area contributed by atoms with E-state index in [2.05, 4.69) is 4.98 Å². The summed E-state index contributed by atoms with van der Waals surface area (Å²) in [7, 11) is 0. The second-order valence-electron chi connectivity index (χ2n) is 7.38. The summed E-state index contributed by atoms with van der Waals surface area (Å²) in [5.41, 5.74) is 0.602. The number of hydrogen-bond donors (Lipinski definition) is 1. The lowest BCUT2D eigenvalue weighted by Crippen LogP contribution is -2.30. The van der Waals surface area contributed by atoms with Gasteiger partial charge in [-0.15, -0.1) is 0 Å². The van der Waals surface area contributed by atoms with Crippen molar-refractivity contribution in [2.45, 2.75) is 6.04 Å². The Labute approximate surface area is 198 Å². The number of anilines is 1. The molecular weight excluding hydrogens is 467 g/mol. The number of hydrogen-bond acceptors (Lipinski definition) is 6. The van der Waals surface area contributed by atoms with Crippen LogP contribution in [0.2, 0.25) is 10.0 Å². The van der Waals surface area contributed by atoms with Crippen LogP contribution in [0.3, 0.4) is 0 Å². The Morgan fingerprint density at radius 2 is 1.79 bits per heavy atom. The van der Waals surface area contributed by atoms with Gasteiger partial charge in [-0.2, -0.15) is 0 Å². The number of aliphatic hydroxyl groups excluding tert-OH is 1. The maximum absolute atomic E-state index is 13.2. The number of ether oxygens (including phenoxy) is 2. The van der Waals surface area contributed by atoms with Crippen LogP contribution in [0.4, 0.5) is 5.82 Å². The van der Waals surface area contributed by atoms with Gasteiger partial charge in [0, 0.05) is 21.8 Å². The van der Waals surface area contributed by atoms with Gasteiger partial charge in [0.2, 0.25) is 0 Å². The lowest BCUT2D eigenvalue weighted by atomic mass is 9.95. The molecule has 3 heterocycles. The highest BCUT2D eigenvalue weighted by atomic mass is 35.5. The monoisotopic (exact) mass is 482 g/mol. The Morgan fingerprint density at radius 1 is 1.00 bits per heavy atom. The Hall–Kier alpha value is -3.55. The molecule has 1 fully saturated rings. The molecule has 1 saturated heterocycles. The molecule has 2 aromatic carbocycles. The van der Waals surface area contributed by atoms with E-state index in [0.717, 1.165) is 0 Å². The molecular formula is C24H16Cl2N2O5. The van der Waals surface area contributed by atoms with E-state index in [9.17, 15) is 14.7 Å². The molecule has 2 aliphatic rings. The molecule has 9 heteroatoms. The third-order valence-corrected chi connectivity index (χ3v) is 5.98. The van der Waals surface area contributed by atoms with Crippen LogP contribution in [0.25, 0.3) is 5.76 Å². The molecule has 3 aromatic rings. The molecule has 0 saturated carbocycles. The normalized spacial score (nSPS) is 19.1. The number of aromatic nitrogens is 1. The average molecular weight is 483 g/mol. The zero-order valence-electron chi connectivity index (χ0n) is 17.0. The number of fused-ring (bicyclic) bond motifs is 1. The highest BCUT2D eigenvalue weighted by Gasteiger charge is 2.48. The van der Waals surface area contributed by atoms with E-state index < -0.39 is 17.7 Å². The van der Waals surface area contributed by atoms with Crippen LogP contribution >= 0.6 is 23.2 Å². The van der Waals surface area contributed by atoms with Crippen molar-refractivity contribution < 1.29 is 24.2 Å². The molecule has 0 aliphatic carbocycles. The first-order valence-corrected chi connectivity index (χ1v) is 10.8. The highest BCUT2D eigenvalue weighted by molar-refractivity contribution is 6.52. The lowest BCUT2D eigenvalue weighted by molar-refractivity contribution is -0.132. The number of halogens is 2. The van der Waals surface area contributed by atoms with Crippen LogP contribution in [0.1, 0.15) is 17.2 Å². The fraction of sp³-hybridized carbons (Fsp3) is 0.125. The first-order valence-electron chi connectivity index (χ1n) is 10.0. The fourth-order valence-corrected chi connectivity index (χ4v) is 4.44. The summed E-state index contributed by atoms with van der Waals surface area (Å²) in [4.78, 5) is 31.8. The summed E-state index contributed by atoms with van der Waals surface area (Å²) in [6.07, 6.45) is 1.51.